The number of allylic oxidation sites excluding steroid dienone is 4. The molecule has 4 N–H and O–H groups in total. The molecule has 1 aromatic rings. The van der Waals surface area contributed by atoms with E-state index in [2.05, 4.69) is 23.1 Å². The Kier molecular flexibility index (Phi) is 11.9. The van der Waals surface area contributed by atoms with Crippen LogP contribution in [-0.2, 0) is 10.9 Å². The van der Waals surface area contributed by atoms with Crippen molar-refractivity contribution in [2.45, 2.75) is 71.7 Å². The van der Waals surface area contributed by atoms with Crippen molar-refractivity contribution in [2.75, 3.05) is 18.9 Å². The number of likely N-dealkylation sites (tertiary alicyclic amines) is 1. The Morgan fingerprint density at radius 1 is 1.35 bits per heavy atom. The molecule has 2 heterocycles. The molecule has 40 heavy (non-hydrogen) atoms. The third-order valence-electron chi connectivity index (χ3n) is 6.46. The molecule has 1 amide bonds. The number of nitrogens with two attached hydrogens (primary N) is 2. The second-order valence-electron chi connectivity index (χ2n) is 9.48. The van der Waals surface area contributed by atoms with Gasteiger partial charge in [-0.3, -0.25) is 14.8 Å². The van der Waals surface area contributed by atoms with Gasteiger partial charge in [0.2, 0.25) is 0 Å². The van der Waals surface area contributed by atoms with Crippen molar-refractivity contribution in [1.29, 1.82) is 0 Å². The van der Waals surface area contributed by atoms with E-state index in [1.54, 1.807) is 17.9 Å². The molecule has 1 saturated heterocycles. The van der Waals surface area contributed by atoms with Crippen molar-refractivity contribution < 1.29 is 22.7 Å². The first-order valence-corrected chi connectivity index (χ1v) is 13.4. The van der Waals surface area contributed by atoms with Crippen LogP contribution in [0.5, 0.6) is 0 Å². The molecule has 0 radical (unpaired) electrons. The second-order valence-corrected chi connectivity index (χ2v) is 9.48. The molecular formula is C30H40F3N5O2. The van der Waals surface area contributed by atoms with Crippen LogP contribution in [0.15, 0.2) is 77.3 Å². The zero-order valence-corrected chi connectivity index (χ0v) is 23.7. The van der Waals surface area contributed by atoms with E-state index >= 15 is 0 Å². The summed E-state index contributed by atoms with van der Waals surface area (Å²) in [5.74, 6) is -0.529. The monoisotopic (exact) mass is 559 g/mol. The molecule has 0 bridgehead atoms. The summed E-state index contributed by atoms with van der Waals surface area (Å²) in [4.78, 5) is 23.3. The molecule has 2 rings (SSSR count). The highest BCUT2D eigenvalue weighted by Crippen LogP contribution is 2.33. The van der Waals surface area contributed by atoms with E-state index in [-0.39, 0.29) is 24.4 Å². The van der Waals surface area contributed by atoms with Crippen molar-refractivity contribution in [3.63, 3.8) is 0 Å². The molecule has 7 nitrogen and oxygen atoms in total. The number of ether oxygens (including phenoxy) is 1. The standard InChI is InChI=1S/C30H40F3N5O2/c1-7-11-12-13-20(8-2)18-40-25(10-4)28(35)27-23(37-19(5)6)14-15-38(24(27)9-3)29(39)21-17-36-26(16-22(21)34)30(31,32)33/h8,11-13,16-17,24-25H,2,5,7,9-10,14-15,18,35H2,1,3-4,6H3,(H2,34,36)/b12-11-,20-13+,28-27+,37-23?. The van der Waals surface area contributed by atoms with Gasteiger partial charge in [0.25, 0.3) is 5.91 Å². The maximum Gasteiger partial charge on any atom is 0.433 e. The first-order chi connectivity index (χ1) is 18.9. The van der Waals surface area contributed by atoms with Gasteiger partial charge in [0.05, 0.1) is 24.3 Å². The smallest absolute Gasteiger partial charge is 0.400 e. The van der Waals surface area contributed by atoms with Crippen LogP contribution in [0.3, 0.4) is 0 Å². The van der Waals surface area contributed by atoms with Crippen LogP contribution in [0.4, 0.5) is 18.9 Å². The van der Waals surface area contributed by atoms with Crippen LogP contribution in [-0.4, -0.2) is 46.8 Å². The molecule has 2 unspecified atom stereocenters. The van der Waals surface area contributed by atoms with Crippen LogP contribution in [0.25, 0.3) is 0 Å². The van der Waals surface area contributed by atoms with Crippen molar-refractivity contribution in [2.24, 2.45) is 10.7 Å². The summed E-state index contributed by atoms with van der Waals surface area (Å²) in [6.45, 7) is 16.0. The molecule has 10 heteroatoms. The zero-order chi connectivity index (χ0) is 30.0. The number of anilines is 1. The average molecular weight is 560 g/mol. The van der Waals surface area contributed by atoms with E-state index < -0.39 is 29.9 Å². The number of nitrogens with zero attached hydrogens (tertiary/aromatic N) is 3. The van der Waals surface area contributed by atoms with Gasteiger partial charge in [-0.2, -0.15) is 13.2 Å². The Hall–Kier alpha value is -3.66. The van der Waals surface area contributed by atoms with E-state index in [4.69, 9.17) is 16.2 Å². The van der Waals surface area contributed by atoms with Gasteiger partial charge in [-0.15, -0.1) is 0 Å². The summed E-state index contributed by atoms with van der Waals surface area (Å²) in [5.41, 5.74) is 14.4. The lowest BCUT2D eigenvalue weighted by Gasteiger charge is -2.40. The average Bonchev–Trinajstić information content (AvgIpc) is 2.90. The van der Waals surface area contributed by atoms with Gasteiger partial charge in [-0.25, -0.2) is 0 Å². The molecule has 0 saturated carbocycles. The number of rotatable bonds is 11. The summed E-state index contributed by atoms with van der Waals surface area (Å²) in [6, 6.07) is 0.166. The number of pyridine rings is 1. The Morgan fingerprint density at radius 3 is 2.58 bits per heavy atom. The molecular weight excluding hydrogens is 519 g/mol. The molecule has 0 spiro atoms. The highest BCUT2D eigenvalue weighted by Gasteiger charge is 2.38. The SMILES string of the molecule is C=C/C(=C\C=C/CC)COC(CC)/C(N)=C1/C(=NC(=C)C)CCN(C(=O)c2cnc(C(F)(F)F)cc2N)C1CC. The summed E-state index contributed by atoms with van der Waals surface area (Å²) in [6.07, 6.45) is 5.66. The minimum atomic E-state index is -4.67. The number of amides is 1. The minimum absolute atomic E-state index is 0.103. The number of carbonyl (C=O) groups is 1. The number of alkyl halides is 3. The number of aliphatic imine (C=N–C) groups is 1. The van der Waals surface area contributed by atoms with Crippen molar-refractivity contribution >= 4 is 17.3 Å². The second kappa shape index (κ2) is 14.6. The van der Waals surface area contributed by atoms with E-state index in [1.807, 2.05) is 39.0 Å². The summed E-state index contributed by atoms with van der Waals surface area (Å²) in [5, 5.41) is 0. The van der Waals surface area contributed by atoms with Crippen molar-refractivity contribution in [3.05, 3.63) is 83.5 Å². The molecule has 1 fully saturated rings. The van der Waals surface area contributed by atoms with Crippen molar-refractivity contribution in [1.82, 2.24) is 9.88 Å². The molecule has 0 aliphatic carbocycles. The summed E-state index contributed by atoms with van der Waals surface area (Å²) >= 11 is 0. The molecule has 1 aliphatic heterocycles. The van der Waals surface area contributed by atoms with Gasteiger partial charge in [-0.1, -0.05) is 58.2 Å². The van der Waals surface area contributed by atoms with E-state index in [1.165, 1.54) is 0 Å². The van der Waals surface area contributed by atoms with Gasteiger partial charge in [0.15, 0.2) is 0 Å². The van der Waals surface area contributed by atoms with Gasteiger partial charge in [0.1, 0.15) is 5.69 Å². The Bertz CT molecular complexity index is 1210. The lowest BCUT2D eigenvalue weighted by molar-refractivity contribution is -0.141. The first-order valence-electron chi connectivity index (χ1n) is 13.4. The lowest BCUT2D eigenvalue weighted by Crippen LogP contribution is -2.49. The van der Waals surface area contributed by atoms with E-state index in [0.717, 1.165) is 18.2 Å². The highest BCUT2D eigenvalue weighted by molar-refractivity contribution is 6.06. The fraction of sp³-hybridized carbons (Fsp3) is 0.433. The topological polar surface area (TPSA) is 107 Å². The van der Waals surface area contributed by atoms with Gasteiger partial charge >= 0.3 is 6.18 Å². The Morgan fingerprint density at radius 2 is 2.05 bits per heavy atom. The zero-order valence-electron chi connectivity index (χ0n) is 23.7. The van der Waals surface area contributed by atoms with E-state index in [0.29, 0.717) is 48.0 Å². The number of piperidine rings is 1. The molecule has 218 valence electrons. The van der Waals surface area contributed by atoms with Gasteiger partial charge in [0, 0.05) is 47.5 Å². The fourth-order valence-electron chi connectivity index (χ4n) is 4.50. The predicted octanol–water partition coefficient (Wildman–Crippen LogP) is 6.37. The fourth-order valence-corrected chi connectivity index (χ4v) is 4.50. The van der Waals surface area contributed by atoms with Crippen LogP contribution in [0.2, 0.25) is 0 Å². The van der Waals surface area contributed by atoms with Crippen molar-refractivity contribution in [3.8, 4) is 0 Å². The van der Waals surface area contributed by atoms with Crippen LogP contribution in [0, 0.1) is 0 Å². The maximum absolute atomic E-state index is 13.6. The molecule has 2 atom stereocenters. The Balaban J connectivity index is 2.52. The largest absolute Gasteiger partial charge is 0.433 e. The lowest BCUT2D eigenvalue weighted by atomic mass is 9.87. The number of halogens is 3. The van der Waals surface area contributed by atoms with Gasteiger partial charge in [-0.05, 0) is 37.8 Å². The number of hydrogen-bond acceptors (Lipinski definition) is 6. The molecule has 1 aromatic heterocycles. The van der Waals surface area contributed by atoms with Crippen LogP contribution < -0.4 is 11.5 Å². The Labute approximate surface area is 234 Å². The van der Waals surface area contributed by atoms with E-state index in [9.17, 15) is 18.0 Å². The summed E-state index contributed by atoms with van der Waals surface area (Å²) in [7, 11) is 0. The molecule has 0 aromatic carbocycles. The van der Waals surface area contributed by atoms with Crippen LogP contribution in [0.1, 0.15) is 69.4 Å². The predicted molar refractivity (Wildman–Crippen MR) is 155 cm³/mol. The third kappa shape index (κ3) is 8.17. The highest BCUT2D eigenvalue weighted by atomic mass is 19.4. The number of carbonyl (C=O) groups excluding carboxylic acids is 1. The normalized spacial score (nSPS) is 19.7. The van der Waals surface area contributed by atoms with Gasteiger partial charge < -0.3 is 21.1 Å². The third-order valence-corrected chi connectivity index (χ3v) is 6.46. The van der Waals surface area contributed by atoms with Crippen LogP contribution >= 0.6 is 0 Å². The molecule has 1 aliphatic rings. The minimum Gasteiger partial charge on any atom is -0.400 e. The summed E-state index contributed by atoms with van der Waals surface area (Å²) < 4.78 is 45.5. The quantitative estimate of drug-likeness (QED) is 0.307. The first kappa shape index (κ1) is 32.6. The number of hydrogen-bond donors (Lipinski definition) is 2. The maximum atomic E-state index is 13.6. The number of aromatic nitrogens is 1. The number of nitrogen functional groups attached to an aromatic ring is 1.